The fourth-order valence-corrected chi connectivity index (χ4v) is 7.04. The molecule has 3 heterocycles. The molecule has 2 amide bonds. The van der Waals surface area contributed by atoms with Crippen molar-refractivity contribution < 1.29 is 28.6 Å². The second-order valence-electron chi connectivity index (χ2n) is 10.9. The molecule has 11 heteroatoms. The highest BCUT2D eigenvalue weighted by Crippen LogP contribution is 2.43. The van der Waals surface area contributed by atoms with Gasteiger partial charge in [-0.25, -0.2) is 0 Å². The van der Waals surface area contributed by atoms with Crippen LogP contribution in [0.25, 0.3) is 0 Å². The summed E-state index contributed by atoms with van der Waals surface area (Å²) in [6.07, 6.45) is 3.21. The van der Waals surface area contributed by atoms with Gasteiger partial charge in [0.2, 0.25) is 11.8 Å². The lowest BCUT2D eigenvalue weighted by atomic mass is 9.77. The number of aliphatic carboxylic acids is 1. The Bertz CT molecular complexity index is 1510. The number of benzene rings is 2. The summed E-state index contributed by atoms with van der Waals surface area (Å²) >= 11 is 3.69. The first-order valence-corrected chi connectivity index (χ1v) is 14.7. The maximum absolute atomic E-state index is 14.2. The summed E-state index contributed by atoms with van der Waals surface area (Å²) in [5, 5.41) is 17.8. The van der Waals surface area contributed by atoms with E-state index in [0.29, 0.717) is 55.4 Å². The van der Waals surface area contributed by atoms with E-state index >= 15 is 0 Å². The minimum atomic E-state index is -0.927. The van der Waals surface area contributed by atoms with E-state index < -0.39 is 23.8 Å². The van der Waals surface area contributed by atoms with Crippen LogP contribution in [0.2, 0.25) is 0 Å². The van der Waals surface area contributed by atoms with Gasteiger partial charge in [0, 0.05) is 42.2 Å². The van der Waals surface area contributed by atoms with Crippen LogP contribution >= 0.6 is 15.9 Å². The molecule has 3 atom stereocenters. The van der Waals surface area contributed by atoms with Crippen LogP contribution in [0.3, 0.4) is 0 Å². The molecule has 1 aliphatic carbocycles. The Morgan fingerprint density at radius 3 is 2.63 bits per heavy atom. The minimum Gasteiger partial charge on any atom is -0.483 e. The third-order valence-corrected chi connectivity index (χ3v) is 9.21. The number of hydrogen-bond acceptors (Lipinski definition) is 7. The zero-order valence-corrected chi connectivity index (χ0v) is 24.3. The minimum absolute atomic E-state index is 0.0490. The Hall–Kier alpha value is -3.73. The zero-order chi connectivity index (χ0) is 28.7. The summed E-state index contributed by atoms with van der Waals surface area (Å²) < 4.78 is 12.6. The summed E-state index contributed by atoms with van der Waals surface area (Å²) in [6.45, 7) is 2.86. The molecule has 0 radical (unpaired) electrons. The lowest BCUT2D eigenvalue weighted by Crippen LogP contribution is -2.50. The number of carboxylic acid groups (broad SMARTS) is 1. The molecule has 6 rings (SSSR count). The predicted octanol–water partition coefficient (Wildman–Crippen LogP) is 4.69. The fraction of sp³-hybridized carbons (Fsp3) is 0.433. The summed E-state index contributed by atoms with van der Waals surface area (Å²) in [7, 11) is 0. The zero-order valence-electron chi connectivity index (χ0n) is 22.7. The monoisotopic (exact) mass is 622 g/mol. The van der Waals surface area contributed by atoms with Crippen molar-refractivity contribution in [3.63, 3.8) is 0 Å². The molecule has 0 bridgehead atoms. The normalized spacial score (nSPS) is 21.9. The number of nitrogens with zero attached hydrogens (tertiary/aromatic N) is 4. The highest BCUT2D eigenvalue weighted by molar-refractivity contribution is 9.10. The van der Waals surface area contributed by atoms with Crippen LogP contribution in [0.5, 0.6) is 5.75 Å². The summed E-state index contributed by atoms with van der Waals surface area (Å²) in [5.74, 6) is -1.17. The standard InChI is InChI=1S/C30H31BrN4O6/c1-17-32-33-26(41-17)16-40-25-11-10-23(31)22-12-13-35(29(37)20-8-4-5-9-21(20)30(38)39)24(27(22)25)15-34-14-18-6-2-3-7-19(18)28(34)36/h2-3,6-7,10-11,20-21,24H,4-5,8-9,12-16H2,1H3,(H,38,39)/t20-,21+,24?/m1/s1. The molecule has 0 spiro atoms. The molecule has 1 saturated carbocycles. The van der Waals surface area contributed by atoms with Crippen LogP contribution in [-0.4, -0.2) is 56.0 Å². The van der Waals surface area contributed by atoms with Gasteiger partial charge in [-0.15, -0.1) is 10.2 Å². The number of carbonyl (C=O) groups is 3. The van der Waals surface area contributed by atoms with E-state index in [0.717, 1.165) is 34.0 Å². The Kier molecular flexibility index (Phi) is 7.54. The smallest absolute Gasteiger partial charge is 0.307 e. The van der Waals surface area contributed by atoms with Gasteiger partial charge in [0.05, 0.1) is 17.9 Å². The van der Waals surface area contributed by atoms with Gasteiger partial charge in [0.15, 0.2) is 6.61 Å². The van der Waals surface area contributed by atoms with E-state index in [9.17, 15) is 19.5 Å². The number of hydrogen-bond donors (Lipinski definition) is 1. The average molecular weight is 624 g/mol. The number of rotatable bonds is 7. The van der Waals surface area contributed by atoms with Crippen LogP contribution in [0.1, 0.15) is 70.6 Å². The van der Waals surface area contributed by atoms with Gasteiger partial charge in [-0.2, -0.15) is 0 Å². The average Bonchev–Trinajstić information content (AvgIpc) is 3.54. The van der Waals surface area contributed by atoms with E-state index in [1.165, 1.54) is 0 Å². The lowest BCUT2D eigenvalue weighted by molar-refractivity contribution is -0.153. The number of halogens is 1. The number of fused-ring (bicyclic) bond motifs is 2. The van der Waals surface area contributed by atoms with E-state index in [2.05, 4.69) is 26.1 Å². The molecule has 1 fully saturated rings. The molecular weight excluding hydrogens is 592 g/mol. The van der Waals surface area contributed by atoms with Gasteiger partial charge in [-0.1, -0.05) is 47.0 Å². The first kappa shape index (κ1) is 27.4. The van der Waals surface area contributed by atoms with Crippen molar-refractivity contribution in [1.82, 2.24) is 20.0 Å². The number of carbonyl (C=O) groups excluding carboxylic acids is 2. The molecule has 3 aliphatic rings. The highest BCUT2D eigenvalue weighted by Gasteiger charge is 2.44. The topological polar surface area (TPSA) is 126 Å². The maximum atomic E-state index is 14.2. The molecule has 1 unspecified atom stereocenters. The lowest BCUT2D eigenvalue weighted by Gasteiger charge is -2.43. The largest absolute Gasteiger partial charge is 0.483 e. The SMILES string of the molecule is Cc1nnc(COc2ccc(Br)c3c2C(CN2Cc4ccccc4C2=O)N(C(=O)[C@@H]2CCCC[C@@H]2C(=O)O)CC3)o1. The highest BCUT2D eigenvalue weighted by atomic mass is 79.9. The molecule has 214 valence electrons. The Morgan fingerprint density at radius 2 is 1.90 bits per heavy atom. The van der Waals surface area contributed by atoms with E-state index in [1.54, 1.807) is 16.7 Å². The van der Waals surface area contributed by atoms with Crippen molar-refractivity contribution in [3.8, 4) is 5.75 Å². The predicted molar refractivity (Wildman–Crippen MR) is 150 cm³/mol. The molecule has 41 heavy (non-hydrogen) atoms. The van der Waals surface area contributed by atoms with Crippen molar-refractivity contribution in [2.45, 2.75) is 58.2 Å². The molecule has 3 aromatic rings. The maximum Gasteiger partial charge on any atom is 0.307 e. The second kappa shape index (κ2) is 11.3. The van der Waals surface area contributed by atoms with E-state index in [1.807, 2.05) is 36.4 Å². The van der Waals surface area contributed by atoms with Gasteiger partial charge in [-0.05, 0) is 48.6 Å². The van der Waals surface area contributed by atoms with Crippen molar-refractivity contribution in [2.24, 2.45) is 11.8 Å². The number of amides is 2. The molecule has 1 aromatic heterocycles. The van der Waals surface area contributed by atoms with Gasteiger partial charge >= 0.3 is 5.97 Å². The van der Waals surface area contributed by atoms with Crippen LogP contribution in [0, 0.1) is 18.8 Å². The summed E-state index contributed by atoms with van der Waals surface area (Å²) in [4.78, 5) is 43.3. The first-order valence-electron chi connectivity index (χ1n) is 14.0. The second-order valence-corrected chi connectivity index (χ2v) is 11.8. The Labute approximate surface area is 245 Å². The van der Waals surface area contributed by atoms with E-state index in [4.69, 9.17) is 9.15 Å². The van der Waals surface area contributed by atoms with Crippen molar-refractivity contribution in [1.29, 1.82) is 0 Å². The molecule has 2 aliphatic heterocycles. The van der Waals surface area contributed by atoms with E-state index in [-0.39, 0.29) is 25.0 Å². The summed E-state index contributed by atoms with van der Waals surface area (Å²) in [6, 6.07) is 10.8. The molecule has 0 saturated heterocycles. The molecule has 1 N–H and O–H groups in total. The van der Waals surface area contributed by atoms with Crippen molar-refractivity contribution in [3.05, 3.63) is 74.9 Å². The van der Waals surface area contributed by atoms with Crippen molar-refractivity contribution in [2.75, 3.05) is 13.1 Å². The van der Waals surface area contributed by atoms with Gasteiger partial charge < -0.3 is 24.1 Å². The Morgan fingerprint density at radius 1 is 1.12 bits per heavy atom. The number of carboxylic acids is 1. The fourth-order valence-electron chi connectivity index (χ4n) is 6.50. The van der Waals surface area contributed by atoms with Crippen LogP contribution in [-0.2, 0) is 29.2 Å². The third kappa shape index (κ3) is 5.23. The first-order chi connectivity index (χ1) is 19.8. The number of aryl methyl sites for hydroxylation is 1. The van der Waals surface area contributed by atoms with Gasteiger partial charge in [0.25, 0.3) is 11.8 Å². The number of aromatic nitrogens is 2. The molecule has 10 nitrogen and oxygen atoms in total. The third-order valence-electron chi connectivity index (χ3n) is 8.46. The van der Waals surface area contributed by atoms with Crippen molar-refractivity contribution >= 4 is 33.7 Å². The number of ether oxygens (including phenoxy) is 1. The quantitative estimate of drug-likeness (QED) is 0.402. The van der Waals surface area contributed by atoms with Gasteiger partial charge in [-0.3, -0.25) is 14.4 Å². The van der Waals surface area contributed by atoms with Gasteiger partial charge in [0.1, 0.15) is 5.75 Å². The Balaban J connectivity index is 1.38. The van der Waals surface area contributed by atoms with Crippen LogP contribution in [0.4, 0.5) is 0 Å². The summed E-state index contributed by atoms with van der Waals surface area (Å²) in [5.41, 5.74) is 3.42. The molecule has 2 aromatic carbocycles. The van der Waals surface area contributed by atoms with Crippen LogP contribution in [0.15, 0.2) is 45.3 Å². The van der Waals surface area contributed by atoms with Crippen LogP contribution < -0.4 is 4.74 Å². The molecular formula is C30H31BrN4O6.